The van der Waals surface area contributed by atoms with E-state index >= 15 is 0 Å². The molecule has 0 spiro atoms. The molecule has 0 aliphatic heterocycles. The number of aliphatic carboxylic acids is 1. The second-order valence-corrected chi connectivity index (χ2v) is 4.86. The van der Waals surface area contributed by atoms with E-state index in [0.29, 0.717) is 5.56 Å². The summed E-state index contributed by atoms with van der Waals surface area (Å²) in [4.78, 5) is 10.7. The van der Waals surface area contributed by atoms with Crippen molar-refractivity contribution in [3.05, 3.63) is 27.2 Å². The number of carbonyl (C=O) groups is 1. The molecule has 4 heteroatoms. The van der Waals surface area contributed by atoms with Gasteiger partial charge in [-0.3, -0.25) is 4.79 Å². The molecule has 0 fully saturated rings. The molecule has 1 unspecified atom stereocenters. The topological polar surface area (TPSA) is 57.5 Å². The van der Waals surface area contributed by atoms with Gasteiger partial charge in [-0.05, 0) is 37.0 Å². The second-order valence-electron chi connectivity index (χ2n) is 4.06. The molecule has 0 saturated heterocycles. The molecule has 1 rings (SSSR count). The number of aromatic hydroxyl groups is 1. The molecule has 0 aliphatic carbocycles. The standard InChI is InChI=1S/C12H15BrO3/c1-6(5-10(15)16)11-8(3)12(13)7(2)4-9(11)14/h4,6,14H,5H2,1-3H3,(H,15,16). The SMILES string of the molecule is Cc1cc(O)c(C(C)CC(=O)O)c(C)c1Br. The fourth-order valence-electron chi connectivity index (χ4n) is 1.94. The predicted molar refractivity (Wildman–Crippen MR) is 65.9 cm³/mol. The van der Waals surface area contributed by atoms with Gasteiger partial charge in [0.25, 0.3) is 0 Å². The molecule has 16 heavy (non-hydrogen) atoms. The lowest BCUT2D eigenvalue weighted by atomic mass is 9.91. The van der Waals surface area contributed by atoms with Gasteiger partial charge in [-0.15, -0.1) is 0 Å². The number of hydrogen-bond acceptors (Lipinski definition) is 2. The summed E-state index contributed by atoms with van der Waals surface area (Å²) >= 11 is 3.44. The molecule has 2 N–H and O–H groups in total. The van der Waals surface area contributed by atoms with Crippen molar-refractivity contribution < 1.29 is 15.0 Å². The second kappa shape index (κ2) is 4.87. The molecule has 0 heterocycles. The van der Waals surface area contributed by atoms with Gasteiger partial charge in [0, 0.05) is 10.0 Å². The van der Waals surface area contributed by atoms with Crippen molar-refractivity contribution >= 4 is 21.9 Å². The molecule has 0 amide bonds. The fraction of sp³-hybridized carbons (Fsp3) is 0.417. The zero-order valence-electron chi connectivity index (χ0n) is 9.54. The number of aryl methyl sites for hydroxylation is 1. The van der Waals surface area contributed by atoms with Gasteiger partial charge in [-0.1, -0.05) is 22.9 Å². The van der Waals surface area contributed by atoms with E-state index in [1.807, 2.05) is 13.8 Å². The summed E-state index contributed by atoms with van der Waals surface area (Å²) in [7, 11) is 0. The van der Waals surface area contributed by atoms with Crippen molar-refractivity contribution in [2.45, 2.75) is 33.1 Å². The Morgan fingerprint density at radius 3 is 2.56 bits per heavy atom. The van der Waals surface area contributed by atoms with E-state index in [9.17, 15) is 9.90 Å². The number of carboxylic acids is 1. The molecular weight excluding hydrogens is 272 g/mol. The number of carboxylic acid groups (broad SMARTS) is 1. The molecule has 0 aromatic heterocycles. The lowest BCUT2D eigenvalue weighted by molar-refractivity contribution is -0.137. The molecular formula is C12H15BrO3. The van der Waals surface area contributed by atoms with Crippen LogP contribution in [0.5, 0.6) is 5.75 Å². The first kappa shape index (κ1) is 13.0. The number of phenolic OH excluding ortho intramolecular Hbond substituents is 1. The van der Waals surface area contributed by atoms with Gasteiger partial charge in [0.2, 0.25) is 0 Å². The smallest absolute Gasteiger partial charge is 0.303 e. The van der Waals surface area contributed by atoms with E-state index in [1.165, 1.54) is 0 Å². The Balaban J connectivity index is 3.23. The first-order valence-electron chi connectivity index (χ1n) is 5.05. The van der Waals surface area contributed by atoms with Crippen molar-refractivity contribution in [1.29, 1.82) is 0 Å². The van der Waals surface area contributed by atoms with Crippen LogP contribution in [0, 0.1) is 13.8 Å². The van der Waals surface area contributed by atoms with E-state index in [0.717, 1.165) is 15.6 Å². The Morgan fingerprint density at radius 1 is 1.50 bits per heavy atom. The van der Waals surface area contributed by atoms with E-state index in [-0.39, 0.29) is 18.1 Å². The maximum Gasteiger partial charge on any atom is 0.303 e. The van der Waals surface area contributed by atoms with Crippen LogP contribution in [-0.4, -0.2) is 16.2 Å². The molecule has 0 saturated carbocycles. The van der Waals surface area contributed by atoms with Crippen LogP contribution in [0.15, 0.2) is 10.5 Å². The monoisotopic (exact) mass is 286 g/mol. The van der Waals surface area contributed by atoms with Crippen LogP contribution in [0.4, 0.5) is 0 Å². The first-order valence-corrected chi connectivity index (χ1v) is 5.84. The Bertz CT molecular complexity index is 427. The summed E-state index contributed by atoms with van der Waals surface area (Å²) in [5.41, 5.74) is 2.56. The van der Waals surface area contributed by atoms with Crippen LogP contribution in [0.2, 0.25) is 0 Å². The molecule has 0 bridgehead atoms. The lowest BCUT2D eigenvalue weighted by Crippen LogP contribution is -2.05. The Labute approximate surface area is 103 Å². The molecule has 1 atom stereocenters. The van der Waals surface area contributed by atoms with E-state index in [1.54, 1.807) is 13.0 Å². The minimum atomic E-state index is -0.858. The summed E-state index contributed by atoms with van der Waals surface area (Å²) in [5, 5.41) is 18.6. The highest BCUT2D eigenvalue weighted by atomic mass is 79.9. The summed E-state index contributed by atoms with van der Waals surface area (Å²) in [6.45, 7) is 5.57. The summed E-state index contributed by atoms with van der Waals surface area (Å²) in [6, 6.07) is 1.66. The van der Waals surface area contributed by atoms with Crippen LogP contribution in [0.3, 0.4) is 0 Å². The number of benzene rings is 1. The Kier molecular flexibility index (Phi) is 3.97. The maximum absolute atomic E-state index is 10.7. The van der Waals surface area contributed by atoms with Crippen LogP contribution >= 0.6 is 15.9 Å². The van der Waals surface area contributed by atoms with Crippen molar-refractivity contribution in [3.8, 4) is 5.75 Å². The van der Waals surface area contributed by atoms with Gasteiger partial charge in [-0.25, -0.2) is 0 Å². The largest absolute Gasteiger partial charge is 0.508 e. The normalized spacial score (nSPS) is 12.5. The number of phenols is 1. The lowest BCUT2D eigenvalue weighted by Gasteiger charge is -2.17. The Hall–Kier alpha value is -1.03. The minimum absolute atomic E-state index is 0.0178. The van der Waals surface area contributed by atoms with Crippen molar-refractivity contribution in [2.75, 3.05) is 0 Å². The third-order valence-electron chi connectivity index (χ3n) is 2.68. The van der Waals surface area contributed by atoms with Gasteiger partial charge >= 0.3 is 5.97 Å². The summed E-state index contributed by atoms with van der Waals surface area (Å²) in [5.74, 6) is -0.885. The van der Waals surface area contributed by atoms with E-state index < -0.39 is 5.97 Å². The van der Waals surface area contributed by atoms with Crippen LogP contribution in [-0.2, 0) is 4.79 Å². The van der Waals surface area contributed by atoms with Gasteiger partial charge in [0.15, 0.2) is 0 Å². The molecule has 88 valence electrons. The third kappa shape index (κ3) is 2.55. The molecule has 3 nitrogen and oxygen atoms in total. The van der Waals surface area contributed by atoms with Crippen LogP contribution < -0.4 is 0 Å². The highest BCUT2D eigenvalue weighted by molar-refractivity contribution is 9.10. The average molecular weight is 287 g/mol. The quantitative estimate of drug-likeness (QED) is 0.896. The molecule has 1 aromatic carbocycles. The van der Waals surface area contributed by atoms with Gasteiger partial charge < -0.3 is 10.2 Å². The van der Waals surface area contributed by atoms with Crippen molar-refractivity contribution in [3.63, 3.8) is 0 Å². The number of halogens is 1. The highest BCUT2D eigenvalue weighted by Crippen LogP contribution is 2.37. The summed E-state index contributed by atoms with van der Waals surface area (Å²) in [6.07, 6.45) is 0.0178. The Morgan fingerprint density at radius 2 is 2.06 bits per heavy atom. The van der Waals surface area contributed by atoms with Crippen molar-refractivity contribution in [1.82, 2.24) is 0 Å². The van der Waals surface area contributed by atoms with Crippen molar-refractivity contribution in [2.24, 2.45) is 0 Å². The van der Waals surface area contributed by atoms with Crippen LogP contribution in [0.25, 0.3) is 0 Å². The van der Waals surface area contributed by atoms with E-state index in [4.69, 9.17) is 5.11 Å². The van der Waals surface area contributed by atoms with Gasteiger partial charge in [-0.2, -0.15) is 0 Å². The molecule has 1 aromatic rings. The van der Waals surface area contributed by atoms with Gasteiger partial charge in [0.1, 0.15) is 5.75 Å². The number of rotatable bonds is 3. The molecule has 0 radical (unpaired) electrons. The average Bonchev–Trinajstić information content (AvgIpc) is 2.13. The van der Waals surface area contributed by atoms with E-state index in [2.05, 4.69) is 15.9 Å². The van der Waals surface area contributed by atoms with Gasteiger partial charge in [0.05, 0.1) is 6.42 Å². The van der Waals surface area contributed by atoms with Crippen LogP contribution in [0.1, 0.15) is 36.0 Å². The predicted octanol–water partition coefficient (Wildman–Crippen LogP) is 3.35. The zero-order valence-corrected chi connectivity index (χ0v) is 11.1. The number of hydrogen-bond donors (Lipinski definition) is 2. The fourth-order valence-corrected chi connectivity index (χ4v) is 2.27. The zero-order chi connectivity index (χ0) is 12.5. The first-order chi connectivity index (χ1) is 7.34. The third-order valence-corrected chi connectivity index (χ3v) is 3.90. The minimum Gasteiger partial charge on any atom is -0.508 e. The molecule has 0 aliphatic rings. The summed E-state index contributed by atoms with van der Waals surface area (Å²) < 4.78 is 0.928. The highest BCUT2D eigenvalue weighted by Gasteiger charge is 2.19. The maximum atomic E-state index is 10.7.